The third-order valence-electron chi connectivity index (χ3n) is 1.88. The summed E-state index contributed by atoms with van der Waals surface area (Å²) < 4.78 is 4.25. The van der Waals surface area contributed by atoms with E-state index in [0.717, 1.165) is 0 Å². The average Bonchev–Trinajstić information content (AvgIpc) is 2.44. The average molecular weight is 260 g/mol. The highest BCUT2D eigenvalue weighted by atomic mass is 16.4. The number of methoxy groups -OCH3 is 1. The van der Waals surface area contributed by atoms with Crippen molar-refractivity contribution in [1.82, 2.24) is 0 Å². The van der Waals surface area contributed by atoms with Crippen molar-refractivity contribution in [2.45, 2.75) is 13.8 Å². The number of hydrogen-bond donors (Lipinski definition) is 0. The van der Waals surface area contributed by atoms with E-state index < -0.39 is 0 Å². The van der Waals surface area contributed by atoms with Gasteiger partial charge in [0.25, 0.3) is 0 Å². The maximum absolute atomic E-state index is 8.00. The first kappa shape index (κ1) is 19.4. The smallest absolute Gasteiger partial charge is 0.106 e. The second-order valence-corrected chi connectivity index (χ2v) is 3.72. The van der Waals surface area contributed by atoms with Crippen LogP contribution < -0.4 is 0 Å². The summed E-state index contributed by atoms with van der Waals surface area (Å²) in [4.78, 5) is 8.00. The predicted octanol–water partition coefficient (Wildman–Crippen LogP) is 4.07. The molecule has 0 heterocycles. The zero-order chi connectivity index (χ0) is 14.9. The van der Waals surface area contributed by atoms with Gasteiger partial charge in [0.05, 0.1) is 0 Å². The molecule has 0 amide bonds. The molecule has 0 radical (unpaired) electrons. The number of hydrogen-bond acceptors (Lipinski definition) is 2. The Morgan fingerprint density at radius 3 is 1.00 bits per heavy atom. The topological polar surface area (TPSA) is 26.3 Å². The Kier molecular flexibility index (Phi) is 16.4. The van der Waals surface area contributed by atoms with E-state index in [0.29, 0.717) is 0 Å². The molecule has 104 valence electrons. The van der Waals surface area contributed by atoms with E-state index in [4.69, 9.17) is 4.79 Å². The molecule has 2 aromatic carbocycles. The SMILES string of the molecule is C=O.COC.Cc1ccccc1.Cc1ccccc1. The van der Waals surface area contributed by atoms with E-state index in [1.807, 2.05) is 43.2 Å². The highest BCUT2D eigenvalue weighted by Gasteiger charge is 1.72. The van der Waals surface area contributed by atoms with E-state index in [1.54, 1.807) is 14.2 Å². The highest BCUT2D eigenvalue weighted by molar-refractivity contribution is 5.12. The fourth-order valence-corrected chi connectivity index (χ4v) is 1.07. The molecule has 0 N–H and O–H groups in total. The quantitative estimate of drug-likeness (QED) is 0.713. The number of rotatable bonds is 0. The zero-order valence-electron chi connectivity index (χ0n) is 12.3. The first-order valence-electron chi connectivity index (χ1n) is 5.93. The summed E-state index contributed by atoms with van der Waals surface area (Å²) in [5, 5.41) is 0. The third kappa shape index (κ3) is 16.1. The molecule has 0 fully saturated rings. The summed E-state index contributed by atoms with van der Waals surface area (Å²) in [5.41, 5.74) is 2.64. The molecule has 2 aromatic rings. The highest BCUT2D eigenvalue weighted by Crippen LogP contribution is 1.92. The molecule has 0 saturated heterocycles. The largest absolute Gasteiger partial charge is 0.388 e. The Bertz CT molecular complexity index is 333. The van der Waals surface area contributed by atoms with Gasteiger partial charge in [0.1, 0.15) is 6.79 Å². The first-order chi connectivity index (χ1) is 9.20. The molecule has 0 aliphatic heterocycles. The van der Waals surface area contributed by atoms with E-state index in [2.05, 4.69) is 42.8 Å². The van der Waals surface area contributed by atoms with Gasteiger partial charge in [0.15, 0.2) is 0 Å². The van der Waals surface area contributed by atoms with Crippen molar-refractivity contribution >= 4 is 6.79 Å². The number of benzene rings is 2. The van der Waals surface area contributed by atoms with Crippen LogP contribution in [-0.2, 0) is 9.53 Å². The maximum atomic E-state index is 8.00. The van der Waals surface area contributed by atoms with Gasteiger partial charge in [-0.1, -0.05) is 71.8 Å². The van der Waals surface area contributed by atoms with Gasteiger partial charge >= 0.3 is 0 Å². The van der Waals surface area contributed by atoms with Crippen LogP contribution in [0.2, 0.25) is 0 Å². The van der Waals surface area contributed by atoms with Crippen molar-refractivity contribution in [3.05, 3.63) is 71.8 Å². The number of carbonyl (C=O) groups is 1. The molecule has 0 unspecified atom stereocenters. The van der Waals surface area contributed by atoms with Crippen molar-refractivity contribution in [2.24, 2.45) is 0 Å². The molecule has 2 nitrogen and oxygen atoms in total. The predicted molar refractivity (Wildman–Crippen MR) is 82.4 cm³/mol. The van der Waals surface area contributed by atoms with Crippen LogP contribution in [0.25, 0.3) is 0 Å². The Morgan fingerprint density at radius 1 is 0.684 bits per heavy atom. The lowest BCUT2D eigenvalue weighted by atomic mass is 10.2. The molecule has 0 aliphatic rings. The van der Waals surface area contributed by atoms with Gasteiger partial charge in [-0.2, -0.15) is 0 Å². The van der Waals surface area contributed by atoms with Crippen LogP contribution in [0.15, 0.2) is 60.7 Å². The van der Waals surface area contributed by atoms with Crippen molar-refractivity contribution in [1.29, 1.82) is 0 Å². The van der Waals surface area contributed by atoms with Gasteiger partial charge < -0.3 is 9.53 Å². The van der Waals surface area contributed by atoms with Crippen LogP contribution in [0.3, 0.4) is 0 Å². The van der Waals surface area contributed by atoms with Crippen LogP contribution in [0, 0.1) is 13.8 Å². The van der Waals surface area contributed by atoms with Gasteiger partial charge in [-0.05, 0) is 13.8 Å². The normalized spacial score (nSPS) is 7.58. The van der Waals surface area contributed by atoms with E-state index in [1.165, 1.54) is 11.1 Å². The lowest BCUT2D eigenvalue weighted by molar-refractivity contribution is -0.0979. The molecule has 0 bridgehead atoms. The van der Waals surface area contributed by atoms with Crippen molar-refractivity contribution in [3.8, 4) is 0 Å². The van der Waals surface area contributed by atoms with Gasteiger partial charge in [0.2, 0.25) is 0 Å². The summed E-state index contributed by atoms with van der Waals surface area (Å²) in [6.45, 7) is 6.17. The van der Waals surface area contributed by atoms with Gasteiger partial charge in [0, 0.05) is 14.2 Å². The monoisotopic (exact) mass is 260 g/mol. The van der Waals surface area contributed by atoms with Crippen molar-refractivity contribution in [3.63, 3.8) is 0 Å². The van der Waals surface area contributed by atoms with Crippen LogP contribution in [0.5, 0.6) is 0 Å². The minimum absolute atomic E-state index is 1.32. The molecule has 2 rings (SSSR count). The van der Waals surface area contributed by atoms with E-state index in [9.17, 15) is 0 Å². The third-order valence-corrected chi connectivity index (χ3v) is 1.88. The molecular formula is C17H24O2. The zero-order valence-corrected chi connectivity index (χ0v) is 12.3. The van der Waals surface area contributed by atoms with Gasteiger partial charge in [-0.25, -0.2) is 0 Å². The molecule has 2 heteroatoms. The van der Waals surface area contributed by atoms with E-state index >= 15 is 0 Å². The maximum Gasteiger partial charge on any atom is 0.106 e. The van der Waals surface area contributed by atoms with Crippen LogP contribution in [0.4, 0.5) is 0 Å². The minimum atomic E-state index is 1.32. The molecule has 19 heavy (non-hydrogen) atoms. The van der Waals surface area contributed by atoms with Gasteiger partial charge in [-0.3, -0.25) is 0 Å². The lowest BCUT2D eigenvalue weighted by Gasteiger charge is -1.82. The molecule has 0 aromatic heterocycles. The molecular weight excluding hydrogens is 236 g/mol. The van der Waals surface area contributed by atoms with Crippen molar-refractivity contribution in [2.75, 3.05) is 14.2 Å². The summed E-state index contributed by atoms with van der Waals surface area (Å²) in [5.74, 6) is 0. The Hall–Kier alpha value is -1.93. The Balaban J connectivity index is 0. The van der Waals surface area contributed by atoms with Crippen LogP contribution in [-0.4, -0.2) is 21.0 Å². The van der Waals surface area contributed by atoms with Gasteiger partial charge in [-0.15, -0.1) is 0 Å². The fraction of sp³-hybridized carbons (Fsp3) is 0.235. The lowest BCUT2D eigenvalue weighted by Crippen LogP contribution is -1.62. The summed E-state index contributed by atoms with van der Waals surface area (Å²) in [7, 11) is 3.25. The summed E-state index contributed by atoms with van der Waals surface area (Å²) >= 11 is 0. The standard InChI is InChI=1S/2C7H8.C2H6O.CH2O/c2*1-7-5-3-2-4-6-7;1-3-2;1-2/h2*2-6H,1H3;1-2H3;1H2. The molecule has 0 spiro atoms. The number of carbonyl (C=O) groups excluding carboxylic acids is 1. The van der Waals surface area contributed by atoms with E-state index in [-0.39, 0.29) is 0 Å². The molecule has 0 saturated carbocycles. The molecule has 0 aliphatic carbocycles. The van der Waals surface area contributed by atoms with Crippen molar-refractivity contribution < 1.29 is 9.53 Å². The first-order valence-corrected chi connectivity index (χ1v) is 5.93. The fourth-order valence-electron chi connectivity index (χ4n) is 1.07. The van der Waals surface area contributed by atoms with Crippen LogP contribution in [0.1, 0.15) is 11.1 Å². The number of aryl methyl sites for hydroxylation is 2. The Morgan fingerprint density at radius 2 is 0.895 bits per heavy atom. The Labute approximate surface area is 117 Å². The second-order valence-electron chi connectivity index (χ2n) is 3.72. The second kappa shape index (κ2) is 16.1. The summed E-state index contributed by atoms with van der Waals surface area (Å²) in [6.07, 6.45) is 0. The minimum Gasteiger partial charge on any atom is -0.388 e. The number of ether oxygens (including phenoxy) is 1. The van der Waals surface area contributed by atoms with Crippen LogP contribution >= 0.6 is 0 Å². The summed E-state index contributed by atoms with van der Waals surface area (Å²) in [6, 6.07) is 20.5. The molecule has 0 atom stereocenters.